The van der Waals surface area contributed by atoms with Crippen molar-refractivity contribution in [2.45, 2.75) is 18.9 Å². The molecule has 1 heterocycles. The Labute approximate surface area is 116 Å². The summed E-state index contributed by atoms with van der Waals surface area (Å²) in [6.07, 6.45) is 1.72. The number of nitro benzene ring substituents is 1. The van der Waals surface area contributed by atoms with E-state index in [2.05, 4.69) is 0 Å². The van der Waals surface area contributed by atoms with Gasteiger partial charge >= 0.3 is 5.69 Å². The van der Waals surface area contributed by atoms with Crippen LogP contribution in [0.15, 0.2) is 18.2 Å². The lowest BCUT2D eigenvalue weighted by atomic mass is 10.0. The Hall–Kier alpha value is -2.15. The van der Waals surface area contributed by atoms with Crippen molar-refractivity contribution >= 4 is 11.6 Å². The van der Waals surface area contributed by atoms with Crippen LogP contribution in [-0.4, -0.2) is 42.0 Å². The van der Waals surface area contributed by atoms with Crippen molar-refractivity contribution in [1.29, 1.82) is 0 Å². The van der Waals surface area contributed by atoms with Crippen molar-refractivity contribution in [3.63, 3.8) is 0 Å². The number of benzene rings is 1. The lowest BCUT2D eigenvalue weighted by Crippen LogP contribution is -2.45. The summed E-state index contributed by atoms with van der Waals surface area (Å²) in [5, 5.41) is 11.0. The molecule has 7 heteroatoms. The average molecular weight is 279 g/mol. The van der Waals surface area contributed by atoms with Crippen LogP contribution in [0, 0.1) is 10.1 Å². The fraction of sp³-hybridized carbons (Fsp3) is 0.462. The van der Waals surface area contributed by atoms with Crippen LogP contribution in [0.25, 0.3) is 0 Å². The smallest absolute Gasteiger partial charge is 0.311 e. The molecule has 1 aliphatic rings. The molecule has 1 aromatic rings. The van der Waals surface area contributed by atoms with E-state index >= 15 is 0 Å². The Morgan fingerprint density at radius 2 is 2.30 bits per heavy atom. The zero-order valence-corrected chi connectivity index (χ0v) is 11.2. The number of piperidine rings is 1. The number of likely N-dealkylation sites (tertiary alicyclic amines) is 1. The highest BCUT2D eigenvalue weighted by Gasteiger charge is 2.28. The zero-order chi connectivity index (χ0) is 14.7. The molecule has 2 N–H and O–H groups in total. The zero-order valence-electron chi connectivity index (χ0n) is 11.2. The Morgan fingerprint density at radius 1 is 1.55 bits per heavy atom. The molecule has 1 aliphatic heterocycles. The number of methoxy groups -OCH3 is 1. The maximum absolute atomic E-state index is 12.5. The van der Waals surface area contributed by atoms with Crippen LogP contribution in [-0.2, 0) is 0 Å². The van der Waals surface area contributed by atoms with Crippen molar-refractivity contribution in [2.24, 2.45) is 5.73 Å². The number of hydrogen-bond donors (Lipinski definition) is 1. The number of carbonyl (C=O) groups excluding carboxylic acids is 1. The fourth-order valence-electron chi connectivity index (χ4n) is 2.42. The van der Waals surface area contributed by atoms with E-state index in [-0.39, 0.29) is 28.9 Å². The molecule has 1 amide bonds. The number of hydrogen-bond acceptors (Lipinski definition) is 5. The van der Waals surface area contributed by atoms with Crippen LogP contribution < -0.4 is 10.5 Å². The van der Waals surface area contributed by atoms with E-state index in [0.717, 1.165) is 12.8 Å². The van der Waals surface area contributed by atoms with Crippen molar-refractivity contribution < 1.29 is 14.5 Å². The molecule has 7 nitrogen and oxygen atoms in total. The lowest BCUT2D eigenvalue weighted by molar-refractivity contribution is -0.385. The van der Waals surface area contributed by atoms with E-state index in [9.17, 15) is 14.9 Å². The SMILES string of the molecule is COc1c(C(=O)N2CCCC(N)C2)cccc1[N+](=O)[O-]. The quantitative estimate of drug-likeness (QED) is 0.661. The van der Waals surface area contributed by atoms with Gasteiger partial charge in [0.05, 0.1) is 17.6 Å². The third-order valence-electron chi connectivity index (χ3n) is 3.37. The number of nitro groups is 1. The van der Waals surface area contributed by atoms with E-state index < -0.39 is 4.92 Å². The van der Waals surface area contributed by atoms with Gasteiger partial charge < -0.3 is 15.4 Å². The first-order valence-corrected chi connectivity index (χ1v) is 6.41. The monoisotopic (exact) mass is 279 g/mol. The second-order valence-corrected chi connectivity index (χ2v) is 4.77. The summed E-state index contributed by atoms with van der Waals surface area (Å²) < 4.78 is 5.06. The minimum absolute atomic E-state index is 0.00152. The van der Waals surface area contributed by atoms with Gasteiger partial charge in [-0.05, 0) is 18.9 Å². The van der Waals surface area contributed by atoms with Gasteiger partial charge in [0.15, 0.2) is 0 Å². The van der Waals surface area contributed by atoms with E-state index in [4.69, 9.17) is 10.5 Å². The molecule has 0 spiro atoms. The summed E-state index contributed by atoms with van der Waals surface area (Å²) in [5.74, 6) is -0.276. The molecule has 0 radical (unpaired) electrons. The largest absolute Gasteiger partial charge is 0.490 e. The first kappa shape index (κ1) is 14.3. The molecular formula is C13H17N3O4. The minimum Gasteiger partial charge on any atom is -0.490 e. The predicted octanol–water partition coefficient (Wildman–Crippen LogP) is 1.17. The standard InChI is InChI=1S/C13H17N3O4/c1-20-12-10(5-2-6-11(12)16(18)19)13(17)15-7-3-4-9(14)8-15/h2,5-6,9H,3-4,7-8,14H2,1H3. The van der Waals surface area contributed by atoms with Crippen LogP contribution in [0.1, 0.15) is 23.2 Å². The maximum atomic E-state index is 12.5. The van der Waals surface area contributed by atoms with Gasteiger partial charge in [0.2, 0.25) is 5.75 Å². The van der Waals surface area contributed by atoms with E-state index in [1.165, 1.54) is 25.3 Å². The number of nitrogens with zero attached hydrogens (tertiary/aromatic N) is 2. The summed E-state index contributed by atoms with van der Waals surface area (Å²) in [7, 11) is 1.32. The van der Waals surface area contributed by atoms with Gasteiger partial charge in [-0.2, -0.15) is 0 Å². The van der Waals surface area contributed by atoms with Crippen molar-refractivity contribution in [3.05, 3.63) is 33.9 Å². The van der Waals surface area contributed by atoms with Crippen molar-refractivity contribution in [3.8, 4) is 5.75 Å². The Morgan fingerprint density at radius 3 is 2.90 bits per heavy atom. The molecule has 1 unspecified atom stereocenters. The van der Waals surface area contributed by atoms with E-state index in [1.807, 2.05) is 0 Å². The van der Waals surface area contributed by atoms with Crippen LogP contribution in [0.3, 0.4) is 0 Å². The third kappa shape index (κ3) is 2.72. The second kappa shape index (κ2) is 5.87. The van der Waals surface area contributed by atoms with Crippen LogP contribution in [0.5, 0.6) is 5.75 Å². The topological polar surface area (TPSA) is 98.7 Å². The maximum Gasteiger partial charge on any atom is 0.311 e. The molecule has 1 aromatic carbocycles. The Kier molecular flexibility index (Phi) is 4.19. The Bertz CT molecular complexity index is 532. The molecule has 1 saturated heterocycles. The van der Waals surface area contributed by atoms with Gasteiger partial charge in [-0.1, -0.05) is 6.07 Å². The summed E-state index contributed by atoms with van der Waals surface area (Å²) in [6, 6.07) is 4.29. The molecule has 0 aromatic heterocycles. The number of carbonyl (C=O) groups is 1. The second-order valence-electron chi connectivity index (χ2n) is 4.77. The molecule has 0 saturated carbocycles. The van der Waals surface area contributed by atoms with Gasteiger partial charge in [-0.3, -0.25) is 14.9 Å². The molecular weight excluding hydrogens is 262 g/mol. The molecule has 20 heavy (non-hydrogen) atoms. The van der Waals surface area contributed by atoms with Crippen LogP contribution >= 0.6 is 0 Å². The first-order chi connectivity index (χ1) is 9.54. The number of rotatable bonds is 3. The fourth-order valence-corrected chi connectivity index (χ4v) is 2.42. The van der Waals surface area contributed by atoms with E-state index in [0.29, 0.717) is 13.1 Å². The third-order valence-corrected chi connectivity index (χ3v) is 3.37. The number of para-hydroxylation sites is 1. The molecule has 2 rings (SSSR count). The number of ether oxygens (including phenoxy) is 1. The average Bonchev–Trinajstić information content (AvgIpc) is 2.45. The summed E-state index contributed by atoms with van der Waals surface area (Å²) in [4.78, 5) is 24.5. The van der Waals surface area contributed by atoms with Gasteiger partial charge in [0.25, 0.3) is 5.91 Å². The molecule has 0 bridgehead atoms. The first-order valence-electron chi connectivity index (χ1n) is 6.41. The summed E-state index contributed by atoms with van der Waals surface area (Å²) in [5.41, 5.74) is 5.85. The predicted molar refractivity (Wildman–Crippen MR) is 72.8 cm³/mol. The highest BCUT2D eigenvalue weighted by atomic mass is 16.6. The van der Waals surface area contributed by atoms with Gasteiger partial charge in [-0.25, -0.2) is 0 Å². The minimum atomic E-state index is -0.558. The molecule has 108 valence electrons. The normalized spacial score (nSPS) is 18.7. The summed E-state index contributed by atoms with van der Waals surface area (Å²) >= 11 is 0. The number of amides is 1. The highest BCUT2D eigenvalue weighted by molar-refractivity contribution is 5.98. The number of nitrogens with two attached hydrogens (primary N) is 1. The Balaban J connectivity index is 2.34. The van der Waals surface area contributed by atoms with Gasteiger partial charge in [0, 0.05) is 25.2 Å². The molecule has 1 fully saturated rings. The molecule has 1 atom stereocenters. The summed E-state index contributed by atoms with van der Waals surface area (Å²) in [6.45, 7) is 1.07. The van der Waals surface area contributed by atoms with Crippen molar-refractivity contribution in [1.82, 2.24) is 4.90 Å². The highest BCUT2D eigenvalue weighted by Crippen LogP contribution is 2.31. The van der Waals surface area contributed by atoms with Crippen molar-refractivity contribution in [2.75, 3.05) is 20.2 Å². The lowest BCUT2D eigenvalue weighted by Gasteiger charge is -2.31. The van der Waals surface area contributed by atoms with E-state index in [1.54, 1.807) is 4.90 Å². The van der Waals surface area contributed by atoms with Gasteiger partial charge in [-0.15, -0.1) is 0 Å². The molecule has 0 aliphatic carbocycles. The van der Waals surface area contributed by atoms with Crippen LogP contribution in [0.4, 0.5) is 5.69 Å². The van der Waals surface area contributed by atoms with Crippen LogP contribution in [0.2, 0.25) is 0 Å². The van der Waals surface area contributed by atoms with Gasteiger partial charge in [0.1, 0.15) is 0 Å².